The number of piperazine rings is 1. The smallest absolute Gasteiger partial charge is 0.0257 e. The molecule has 88 valence electrons. The molecule has 16 heavy (non-hydrogen) atoms. The van der Waals surface area contributed by atoms with Crippen molar-refractivity contribution in [3.8, 4) is 0 Å². The van der Waals surface area contributed by atoms with Crippen LogP contribution in [0.25, 0.3) is 0 Å². The van der Waals surface area contributed by atoms with Gasteiger partial charge in [-0.3, -0.25) is 4.90 Å². The number of rotatable bonds is 2. The summed E-state index contributed by atoms with van der Waals surface area (Å²) in [7, 11) is 2.19. The predicted molar refractivity (Wildman–Crippen MR) is 74.6 cm³/mol. The maximum absolute atomic E-state index is 3.62. The van der Waals surface area contributed by atoms with Crippen LogP contribution >= 0.6 is 31.9 Å². The third-order valence-electron chi connectivity index (χ3n) is 3.04. The normalized spacial score (nSPS) is 18.9. The van der Waals surface area contributed by atoms with Gasteiger partial charge in [0.15, 0.2) is 0 Å². The van der Waals surface area contributed by atoms with Crippen molar-refractivity contribution in [2.75, 3.05) is 33.2 Å². The van der Waals surface area contributed by atoms with Gasteiger partial charge in [-0.25, -0.2) is 0 Å². The van der Waals surface area contributed by atoms with Crippen molar-refractivity contribution in [3.63, 3.8) is 0 Å². The number of hydrogen-bond donors (Lipinski definition) is 0. The van der Waals surface area contributed by atoms with Gasteiger partial charge in [-0.05, 0) is 24.7 Å². The molecule has 2 rings (SSSR count). The molecule has 1 heterocycles. The molecule has 0 aliphatic carbocycles. The average molecular weight is 348 g/mol. The topological polar surface area (TPSA) is 6.48 Å². The third-order valence-corrected chi connectivity index (χ3v) is 4.53. The van der Waals surface area contributed by atoms with Crippen molar-refractivity contribution in [2.45, 2.75) is 6.54 Å². The van der Waals surface area contributed by atoms with Crippen LogP contribution < -0.4 is 0 Å². The Morgan fingerprint density at radius 2 is 1.62 bits per heavy atom. The van der Waals surface area contributed by atoms with Crippen LogP contribution in [-0.4, -0.2) is 43.0 Å². The van der Waals surface area contributed by atoms with E-state index in [9.17, 15) is 0 Å². The summed E-state index contributed by atoms with van der Waals surface area (Å²) in [6, 6.07) is 6.27. The molecule has 1 aliphatic rings. The SMILES string of the molecule is CN1CCN(Cc2c(Br)cccc2Br)CC1. The molecule has 0 aromatic heterocycles. The van der Waals surface area contributed by atoms with E-state index in [1.807, 2.05) is 0 Å². The van der Waals surface area contributed by atoms with Crippen molar-refractivity contribution in [1.29, 1.82) is 0 Å². The molecule has 2 nitrogen and oxygen atoms in total. The van der Waals surface area contributed by atoms with Crippen molar-refractivity contribution in [3.05, 3.63) is 32.7 Å². The van der Waals surface area contributed by atoms with Gasteiger partial charge >= 0.3 is 0 Å². The van der Waals surface area contributed by atoms with Crippen LogP contribution in [-0.2, 0) is 6.54 Å². The van der Waals surface area contributed by atoms with Gasteiger partial charge in [-0.15, -0.1) is 0 Å². The maximum atomic E-state index is 3.62. The zero-order valence-corrected chi connectivity index (χ0v) is 12.6. The standard InChI is InChI=1S/C12H16Br2N2/c1-15-5-7-16(8-6-15)9-10-11(13)3-2-4-12(10)14/h2-4H,5-9H2,1H3. The van der Waals surface area contributed by atoms with Crippen molar-refractivity contribution >= 4 is 31.9 Å². The molecule has 0 radical (unpaired) electrons. The number of nitrogens with zero attached hydrogens (tertiary/aromatic N) is 2. The Hall–Kier alpha value is 0.1000. The lowest BCUT2D eigenvalue weighted by molar-refractivity contribution is 0.148. The second-order valence-electron chi connectivity index (χ2n) is 4.28. The molecule has 0 amide bonds. The zero-order chi connectivity index (χ0) is 11.5. The molecule has 1 aromatic rings. The summed E-state index contributed by atoms with van der Waals surface area (Å²) in [5.74, 6) is 0. The number of hydrogen-bond acceptors (Lipinski definition) is 2. The monoisotopic (exact) mass is 346 g/mol. The Bertz CT molecular complexity index is 340. The highest BCUT2D eigenvalue weighted by atomic mass is 79.9. The quantitative estimate of drug-likeness (QED) is 0.811. The summed E-state index contributed by atoms with van der Waals surface area (Å²) in [4.78, 5) is 4.89. The van der Waals surface area contributed by atoms with Crippen LogP contribution in [0.1, 0.15) is 5.56 Å². The number of benzene rings is 1. The lowest BCUT2D eigenvalue weighted by Crippen LogP contribution is -2.43. The highest BCUT2D eigenvalue weighted by Gasteiger charge is 2.15. The summed E-state index contributed by atoms with van der Waals surface area (Å²) >= 11 is 7.24. The van der Waals surface area contributed by atoms with Gasteiger partial charge in [0.2, 0.25) is 0 Å². The predicted octanol–water partition coefficient (Wildman–Crippen LogP) is 2.96. The first-order valence-corrected chi connectivity index (χ1v) is 7.09. The minimum Gasteiger partial charge on any atom is -0.304 e. The Morgan fingerprint density at radius 1 is 1.06 bits per heavy atom. The highest BCUT2D eigenvalue weighted by molar-refractivity contribution is 9.11. The number of likely N-dealkylation sites (N-methyl/N-ethyl adjacent to an activating group) is 1. The summed E-state index contributed by atoms with van der Waals surface area (Å²) in [5.41, 5.74) is 1.35. The molecular formula is C12H16Br2N2. The Balaban J connectivity index is 2.04. The van der Waals surface area contributed by atoms with Crippen LogP contribution in [0, 0.1) is 0 Å². The Labute approximate surface area is 114 Å². The van der Waals surface area contributed by atoms with E-state index in [0.29, 0.717) is 0 Å². The van der Waals surface area contributed by atoms with Gasteiger partial charge in [0.05, 0.1) is 0 Å². The molecule has 1 saturated heterocycles. The van der Waals surface area contributed by atoms with Gasteiger partial charge in [0.1, 0.15) is 0 Å². The fourth-order valence-corrected chi connectivity index (χ4v) is 3.16. The van der Waals surface area contributed by atoms with Crippen LogP contribution in [0.3, 0.4) is 0 Å². The lowest BCUT2D eigenvalue weighted by atomic mass is 10.2. The molecule has 1 aromatic carbocycles. The second-order valence-corrected chi connectivity index (χ2v) is 5.99. The van der Waals surface area contributed by atoms with Gasteiger partial charge < -0.3 is 4.90 Å². The van der Waals surface area contributed by atoms with E-state index < -0.39 is 0 Å². The Morgan fingerprint density at radius 3 is 2.19 bits per heavy atom. The summed E-state index contributed by atoms with van der Waals surface area (Å²) in [5, 5.41) is 0. The molecular weight excluding hydrogens is 332 g/mol. The van der Waals surface area contributed by atoms with Gasteiger partial charge in [-0.2, -0.15) is 0 Å². The van der Waals surface area contributed by atoms with E-state index in [-0.39, 0.29) is 0 Å². The molecule has 0 saturated carbocycles. The minimum atomic E-state index is 1.02. The van der Waals surface area contributed by atoms with E-state index in [2.05, 4.69) is 66.9 Å². The van der Waals surface area contributed by atoms with Gasteiger partial charge in [0.25, 0.3) is 0 Å². The van der Waals surface area contributed by atoms with Crippen molar-refractivity contribution < 1.29 is 0 Å². The van der Waals surface area contributed by atoms with E-state index in [0.717, 1.165) is 19.6 Å². The number of halogens is 2. The average Bonchev–Trinajstić information content (AvgIpc) is 2.26. The molecule has 0 unspecified atom stereocenters. The first kappa shape index (κ1) is 12.6. The highest BCUT2D eigenvalue weighted by Crippen LogP contribution is 2.26. The minimum absolute atomic E-state index is 1.02. The molecule has 0 bridgehead atoms. The maximum Gasteiger partial charge on any atom is 0.0257 e. The third kappa shape index (κ3) is 3.06. The molecule has 0 N–H and O–H groups in total. The second kappa shape index (κ2) is 5.63. The van der Waals surface area contributed by atoms with Crippen LogP contribution in [0.5, 0.6) is 0 Å². The van der Waals surface area contributed by atoms with Crippen LogP contribution in [0.2, 0.25) is 0 Å². The lowest BCUT2D eigenvalue weighted by Gasteiger charge is -2.32. The molecule has 0 atom stereocenters. The molecule has 1 fully saturated rings. The first-order chi connectivity index (χ1) is 7.66. The van der Waals surface area contributed by atoms with E-state index in [4.69, 9.17) is 0 Å². The summed E-state index contributed by atoms with van der Waals surface area (Å²) < 4.78 is 2.39. The molecule has 1 aliphatic heterocycles. The van der Waals surface area contributed by atoms with Gasteiger partial charge in [0, 0.05) is 41.7 Å². The zero-order valence-electron chi connectivity index (χ0n) is 9.42. The van der Waals surface area contributed by atoms with E-state index in [1.54, 1.807) is 0 Å². The van der Waals surface area contributed by atoms with Crippen molar-refractivity contribution in [1.82, 2.24) is 9.80 Å². The Kier molecular flexibility index (Phi) is 4.41. The fraction of sp³-hybridized carbons (Fsp3) is 0.500. The molecule has 4 heteroatoms. The summed E-state index contributed by atoms with van der Waals surface area (Å²) in [6.07, 6.45) is 0. The fourth-order valence-electron chi connectivity index (χ4n) is 1.91. The first-order valence-electron chi connectivity index (χ1n) is 5.50. The van der Waals surface area contributed by atoms with E-state index in [1.165, 1.54) is 27.6 Å². The van der Waals surface area contributed by atoms with Crippen LogP contribution in [0.15, 0.2) is 27.1 Å². The van der Waals surface area contributed by atoms with Crippen LogP contribution in [0.4, 0.5) is 0 Å². The van der Waals surface area contributed by atoms with Crippen molar-refractivity contribution in [2.24, 2.45) is 0 Å². The summed E-state index contributed by atoms with van der Waals surface area (Å²) in [6.45, 7) is 5.68. The van der Waals surface area contributed by atoms with E-state index >= 15 is 0 Å². The van der Waals surface area contributed by atoms with Gasteiger partial charge in [-0.1, -0.05) is 37.9 Å². The molecule has 0 spiro atoms. The largest absolute Gasteiger partial charge is 0.304 e.